The molecule has 1 unspecified atom stereocenters. The van der Waals surface area contributed by atoms with E-state index in [0.717, 1.165) is 31.6 Å². The van der Waals surface area contributed by atoms with Gasteiger partial charge in [-0.15, -0.1) is 0 Å². The van der Waals surface area contributed by atoms with Crippen molar-refractivity contribution >= 4 is 21.4 Å². The zero-order valence-corrected chi connectivity index (χ0v) is 13.3. The molecule has 7 heteroatoms. The third-order valence-corrected chi connectivity index (χ3v) is 5.75. The summed E-state index contributed by atoms with van der Waals surface area (Å²) in [5.74, 6) is 0.472. The predicted octanol–water partition coefficient (Wildman–Crippen LogP) is 0.728. The molecule has 1 fully saturated rings. The van der Waals surface area contributed by atoms with E-state index in [9.17, 15) is 8.42 Å². The molecule has 1 aromatic carbocycles. The summed E-state index contributed by atoms with van der Waals surface area (Å²) in [6.45, 7) is 1.94. The summed E-state index contributed by atoms with van der Waals surface area (Å²) in [4.78, 5) is 2.36. The van der Waals surface area contributed by atoms with Gasteiger partial charge < -0.3 is 15.7 Å². The van der Waals surface area contributed by atoms with Gasteiger partial charge in [0.1, 0.15) is 0 Å². The first-order valence-corrected chi connectivity index (χ1v) is 8.48. The summed E-state index contributed by atoms with van der Waals surface area (Å²) in [7, 11) is -0.459. The highest BCUT2D eigenvalue weighted by Crippen LogP contribution is 2.32. The highest BCUT2D eigenvalue weighted by Gasteiger charge is 2.25. The van der Waals surface area contributed by atoms with Gasteiger partial charge in [-0.1, -0.05) is 0 Å². The average molecular weight is 313 g/mol. The summed E-state index contributed by atoms with van der Waals surface area (Å²) in [5, 5.41) is 9.00. The lowest BCUT2D eigenvalue weighted by Crippen LogP contribution is -2.24. The van der Waals surface area contributed by atoms with Gasteiger partial charge in [0.2, 0.25) is 10.0 Å². The molecule has 0 radical (unpaired) electrons. The van der Waals surface area contributed by atoms with Gasteiger partial charge in [-0.2, -0.15) is 0 Å². The molecular formula is C14H23N3O3S. The largest absolute Gasteiger partial charge is 0.397 e. The minimum absolute atomic E-state index is 0.202. The number of sulfonamides is 1. The molecule has 1 aliphatic rings. The van der Waals surface area contributed by atoms with Crippen LogP contribution in [0.1, 0.15) is 12.8 Å². The molecule has 0 saturated carbocycles. The minimum atomic E-state index is -3.46. The first-order valence-electron chi connectivity index (χ1n) is 7.04. The van der Waals surface area contributed by atoms with Crippen LogP contribution in [0.15, 0.2) is 23.1 Å². The quantitative estimate of drug-likeness (QED) is 0.783. The zero-order valence-electron chi connectivity index (χ0n) is 12.5. The number of benzene rings is 1. The minimum Gasteiger partial charge on any atom is -0.397 e. The molecule has 0 aromatic heterocycles. The van der Waals surface area contributed by atoms with Crippen LogP contribution in [-0.4, -0.2) is 51.6 Å². The van der Waals surface area contributed by atoms with Crippen LogP contribution in [0.25, 0.3) is 0 Å². The van der Waals surface area contributed by atoms with Crippen LogP contribution in [0.3, 0.4) is 0 Å². The van der Waals surface area contributed by atoms with Crippen molar-refractivity contribution in [3.8, 4) is 0 Å². The Morgan fingerprint density at radius 3 is 2.71 bits per heavy atom. The molecule has 1 atom stereocenters. The number of aliphatic hydroxyl groups is 1. The van der Waals surface area contributed by atoms with Gasteiger partial charge in [0.15, 0.2) is 0 Å². The normalized spacial score (nSPS) is 19.4. The standard InChI is InChI=1S/C14H23N3O3S/c1-16(2)21(19,20)12-3-4-14(13(15)9-12)17-7-5-11(10-17)6-8-18/h3-4,9,11,18H,5-8,10,15H2,1-2H3. The number of anilines is 2. The van der Waals surface area contributed by atoms with Crippen LogP contribution in [0, 0.1) is 5.92 Å². The molecular weight excluding hydrogens is 290 g/mol. The fourth-order valence-corrected chi connectivity index (χ4v) is 3.60. The van der Waals surface area contributed by atoms with Gasteiger partial charge in [0.05, 0.1) is 16.3 Å². The van der Waals surface area contributed by atoms with Crippen LogP contribution < -0.4 is 10.6 Å². The molecule has 2 rings (SSSR count). The highest BCUT2D eigenvalue weighted by molar-refractivity contribution is 7.89. The summed E-state index contributed by atoms with van der Waals surface area (Å²) in [6.07, 6.45) is 1.82. The van der Waals surface area contributed by atoms with Crippen molar-refractivity contribution in [1.29, 1.82) is 0 Å². The third-order valence-electron chi connectivity index (χ3n) is 3.94. The number of nitrogen functional groups attached to an aromatic ring is 1. The summed E-state index contributed by atoms with van der Waals surface area (Å²) in [6, 6.07) is 4.89. The van der Waals surface area contributed by atoms with Crippen LogP contribution in [-0.2, 0) is 10.0 Å². The van der Waals surface area contributed by atoms with Crippen LogP contribution in [0.4, 0.5) is 11.4 Å². The Balaban J connectivity index is 2.21. The first kappa shape index (κ1) is 16.1. The zero-order chi connectivity index (χ0) is 15.6. The van der Waals surface area contributed by atoms with Crippen LogP contribution >= 0.6 is 0 Å². The molecule has 1 saturated heterocycles. The molecule has 3 N–H and O–H groups in total. The molecule has 118 valence electrons. The lowest BCUT2D eigenvalue weighted by Gasteiger charge is -2.21. The average Bonchev–Trinajstić information content (AvgIpc) is 2.87. The van der Waals surface area contributed by atoms with E-state index in [1.54, 1.807) is 12.1 Å². The Bertz CT molecular complexity index is 601. The number of hydrogen-bond acceptors (Lipinski definition) is 5. The molecule has 0 amide bonds. The van der Waals surface area contributed by atoms with Crippen LogP contribution in [0.5, 0.6) is 0 Å². The molecule has 0 bridgehead atoms. The van der Waals surface area contributed by atoms with Crippen molar-refractivity contribution in [3.05, 3.63) is 18.2 Å². The van der Waals surface area contributed by atoms with Gasteiger partial charge >= 0.3 is 0 Å². The molecule has 1 aromatic rings. The Hall–Kier alpha value is -1.31. The van der Waals surface area contributed by atoms with Crippen molar-refractivity contribution in [2.75, 3.05) is 44.4 Å². The Morgan fingerprint density at radius 2 is 2.14 bits per heavy atom. The predicted molar refractivity (Wildman–Crippen MR) is 83.8 cm³/mol. The SMILES string of the molecule is CN(C)S(=O)(=O)c1ccc(N2CCC(CCO)C2)c(N)c1. The second kappa shape index (κ2) is 6.21. The van der Waals surface area contributed by atoms with E-state index in [2.05, 4.69) is 4.90 Å². The smallest absolute Gasteiger partial charge is 0.242 e. The lowest BCUT2D eigenvalue weighted by molar-refractivity contribution is 0.263. The fraction of sp³-hybridized carbons (Fsp3) is 0.571. The van der Waals surface area contributed by atoms with Gasteiger partial charge in [0.25, 0.3) is 0 Å². The first-order chi connectivity index (χ1) is 9.86. The monoisotopic (exact) mass is 313 g/mol. The lowest BCUT2D eigenvalue weighted by atomic mass is 10.1. The fourth-order valence-electron chi connectivity index (χ4n) is 2.66. The third kappa shape index (κ3) is 3.30. The second-order valence-electron chi connectivity index (χ2n) is 5.62. The topological polar surface area (TPSA) is 86.9 Å². The van der Waals surface area contributed by atoms with E-state index in [4.69, 9.17) is 10.8 Å². The maximum atomic E-state index is 12.1. The highest BCUT2D eigenvalue weighted by atomic mass is 32.2. The Morgan fingerprint density at radius 1 is 1.43 bits per heavy atom. The van der Waals surface area contributed by atoms with Crippen molar-refractivity contribution < 1.29 is 13.5 Å². The molecule has 1 aliphatic heterocycles. The van der Waals surface area contributed by atoms with Gasteiger partial charge in [-0.05, 0) is 37.0 Å². The van der Waals surface area contributed by atoms with E-state index < -0.39 is 10.0 Å². The molecule has 0 aliphatic carbocycles. The number of aliphatic hydroxyl groups excluding tert-OH is 1. The summed E-state index contributed by atoms with van der Waals surface area (Å²) >= 11 is 0. The van der Waals surface area contributed by atoms with Crippen molar-refractivity contribution in [3.63, 3.8) is 0 Å². The van der Waals surface area contributed by atoms with E-state index >= 15 is 0 Å². The molecule has 21 heavy (non-hydrogen) atoms. The van der Waals surface area contributed by atoms with E-state index in [1.165, 1.54) is 24.5 Å². The van der Waals surface area contributed by atoms with E-state index in [-0.39, 0.29) is 11.5 Å². The van der Waals surface area contributed by atoms with Crippen LogP contribution in [0.2, 0.25) is 0 Å². The Kier molecular flexibility index (Phi) is 4.75. The number of nitrogens with zero attached hydrogens (tertiary/aromatic N) is 2. The van der Waals surface area contributed by atoms with Crippen molar-refractivity contribution in [2.24, 2.45) is 5.92 Å². The van der Waals surface area contributed by atoms with E-state index in [1.807, 2.05) is 0 Å². The van der Waals surface area contributed by atoms with E-state index in [0.29, 0.717) is 11.6 Å². The number of hydrogen-bond donors (Lipinski definition) is 2. The number of nitrogens with two attached hydrogens (primary N) is 1. The van der Waals surface area contributed by atoms with Crippen molar-refractivity contribution in [2.45, 2.75) is 17.7 Å². The van der Waals surface area contributed by atoms with Gasteiger partial charge in [0, 0.05) is 33.8 Å². The molecule has 6 nitrogen and oxygen atoms in total. The Labute approximate surface area is 126 Å². The van der Waals surface area contributed by atoms with Gasteiger partial charge in [-0.25, -0.2) is 12.7 Å². The maximum Gasteiger partial charge on any atom is 0.242 e. The molecule has 0 spiro atoms. The molecule has 1 heterocycles. The van der Waals surface area contributed by atoms with Crippen molar-refractivity contribution in [1.82, 2.24) is 4.31 Å². The summed E-state index contributed by atoms with van der Waals surface area (Å²) < 4.78 is 25.3. The summed E-state index contributed by atoms with van der Waals surface area (Å²) in [5.41, 5.74) is 7.39. The number of rotatable bonds is 5. The van der Waals surface area contributed by atoms with Gasteiger partial charge in [-0.3, -0.25) is 0 Å². The second-order valence-corrected chi connectivity index (χ2v) is 7.77. The maximum absolute atomic E-state index is 12.1.